The summed E-state index contributed by atoms with van der Waals surface area (Å²) in [6.07, 6.45) is 1.26. The van der Waals surface area contributed by atoms with Gasteiger partial charge in [0.05, 0.1) is 5.69 Å². The predicted octanol–water partition coefficient (Wildman–Crippen LogP) is 1.95. The first-order valence-electron chi connectivity index (χ1n) is 5.58. The number of anilines is 1. The van der Waals surface area contributed by atoms with Crippen molar-refractivity contribution >= 4 is 17.4 Å². The SMILES string of the molecule is NCC1CCN2c3ccccc3SCC12. The molecule has 1 aromatic rings. The lowest BCUT2D eigenvalue weighted by Crippen LogP contribution is -2.39. The molecule has 0 saturated carbocycles. The van der Waals surface area contributed by atoms with E-state index in [1.165, 1.54) is 29.3 Å². The van der Waals surface area contributed by atoms with Gasteiger partial charge in [0, 0.05) is 23.2 Å². The number of hydrogen-bond donors (Lipinski definition) is 1. The fraction of sp³-hybridized carbons (Fsp3) is 0.500. The number of para-hydroxylation sites is 1. The normalized spacial score (nSPS) is 28.7. The smallest absolute Gasteiger partial charge is 0.0507 e. The molecular formula is C12H16N2S. The van der Waals surface area contributed by atoms with E-state index in [2.05, 4.69) is 29.2 Å². The van der Waals surface area contributed by atoms with Crippen molar-refractivity contribution in [1.82, 2.24) is 0 Å². The van der Waals surface area contributed by atoms with Crippen LogP contribution < -0.4 is 10.6 Å². The largest absolute Gasteiger partial charge is 0.366 e. The molecule has 3 rings (SSSR count). The third-order valence-corrected chi connectivity index (χ3v) is 4.74. The van der Waals surface area contributed by atoms with Gasteiger partial charge >= 0.3 is 0 Å². The number of rotatable bonds is 1. The first-order chi connectivity index (χ1) is 7.40. The van der Waals surface area contributed by atoms with Crippen molar-refractivity contribution in [2.75, 3.05) is 23.7 Å². The van der Waals surface area contributed by atoms with Crippen LogP contribution in [-0.2, 0) is 0 Å². The Bertz CT molecular complexity index is 366. The number of thioether (sulfide) groups is 1. The number of hydrogen-bond acceptors (Lipinski definition) is 3. The van der Waals surface area contributed by atoms with E-state index in [1.807, 2.05) is 11.8 Å². The second-order valence-corrected chi connectivity index (χ2v) is 5.39. The molecule has 2 unspecified atom stereocenters. The summed E-state index contributed by atoms with van der Waals surface area (Å²) in [5.41, 5.74) is 7.25. The molecule has 0 spiro atoms. The van der Waals surface area contributed by atoms with Gasteiger partial charge in [-0.15, -0.1) is 11.8 Å². The Labute approximate surface area is 94.8 Å². The molecule has 0 aromatic heterocycles. The van der Waals surface area contributed by atoms with Gasteiger partial charge in [-0.25, -0.2) is 0 Å². The molecule has 0 amide bonds. The van der Waals surface area contributed by atoms with E-state index >= 15 is 0 Å². The molecule has 0 bridgehead atoms. The molecule has 1 saturated heterocycles. The van der Waals surface area contributed by atoms with Gasteiger partial charge in [0.25, 0.3) is 0 Å². The van der Waals surface area contributed by atoms with Gasteiger partial charge < -0.3 is 10.6 Å². The zero-order valence-corrected chi connectivity index (χ0v) is 9.54. The number of benzene rings is 1. The van der Waals surface area contributed by atoms with E-state index in [4.69, 9.17) is 5.73 Å². The van der Waals surface area contributed by atoms with Gasteiger partial charge in [0.2, 0.25) is 0 Å². The molecule has 0 aliphatic carbocycles. The van der Waals surface area contributed by atoms with Crippen molar-refractivity contribution in [2.45, 2.75) is 17.4 Å². The Morgan fingerprint density at radius 1 is 1.40 bits per heavy atom. The Hall–Kier alpha value is -0.670. The standard InChI is InChI=1S/C12H16N2S/c13-7-9-5-6-14-10-3-1-2-4-12(10)15-8-11(9)14/h1-4,9,11H,5-8,13H2. The lowest BCUT2D eigenvalue weighted by molar-refractivity contribution is 0.511. The Morgan fingerprint density at radius 2 is 2.27 bits per heavy atom. The van der Waals surface area contributed by atoms with Crippen LogP contribution in [0.5, 0.6) is 0 Å². The van der Waals surface area contributed by atoms with Crippen molar-refractivity contribution in [3.63, 3.8) is 0 Å². The summed E-state index contributed by atoms with van der Waals surface area (Å²) < 4.78 is 0. The quantitative estimate of drug-likeness (QED) is 0.784. The highest BCUT2D eigenvalue weighted by atomic mass is 32.2. The maximum atomic E-state index is 5.82. The van der Waals surface area contributed by atoms with E-state index in [1.54, 1.807) is 0 Å². The zero-order valence-electron chi connectivity index (χ0n) is 8.73. The summed E-state index contributed by atoms with van der Waals surface area (Å²) in [4.78, 5) is 4.00. The van der Waals surface area contributed by atoms with Crippen LogP contribution in [0.3, 0.4) is 0 Å². The van der Waals surface area contributed by atoms with Crippen LogP contribution in [-0.4, -0.2) is 24.9 Å². The van der Waals surface area contributed by atoms with Gasteiger partial charge in [-0.3, -0.25) is 0 Å². The minimum absolute atomic E-state index is 0.676. The molecule has 3 heteroatoms. The second kappa shape index (κ2) is 3.72. The maximum absolute atomic E-state index is 5.82. The van der Waals surface area contributed by atoms with E-state index in [0.29, 0.717) is 12.0 Å². The molecule has 2 atom stereocenters. The van der Waals surface area contributed by atoms with E-state index in [9.17, 15) is 0 Å². The van der Waals surface area contributed by atoms with Crippen LogP contribution in [0.1, 0.15) is 6.42 Å². The Morgan fingerprint density at radius 3 is 3.13 bits per heavy atom. The molecule has 2 aliphatic heterocycles. The van der Waals surface area contributed by atoms with E-state index < -0.39 is 0 Å². The fourth-order valence-corrected chi connectivity index (χ4v) is 4.02. The van der Waals surface area contributed by atoms with Gasteiger partial charge in [0.15, 0.2) is 0 Å². The van der Waals surface area contributed by atoms with E-state index in [-0.39, 0.29) is 0 Å². The molecule has 2 N–H and O–H groups in total. The lowest BCUT2D eigenvalue weighted by atomic mass is 10.0. The molecular weight excluding hydrogens is 204 g/mol. The Balaban J connectivity index is 1.96. The average Bonchev–Trinajstić information content (AvgIpc) is 2.72. The second-order valence-electron chi connectivity index (χ2n) is 4.32. The number of fused-ring (bicyclic) bond motifs is 3. The van der Waals surface area contributed by atoms with Crippen molar-refractivity contribution in [2.24, 2.45) is 11.7 Å². The highest BCUT2D eigenvalue weighted by molar-refractivity contribution is 7.99. The van der Waals surface area contributed by atoms with Gasteiger partial charge in [-0.2, -0.15) is 0 Å². The topological polar surface area (TPSA) is 29.3 Å². The van der Waals surface area contributed by atoms with Crippen LogP contribution in [0.25, 0.3) is 0 Å². The molecule has 2 aliphatic rings. The fourth-order valence-electron chi connectivity index (χ4n) is 2.71. The summed E-state index contributed by atoms with van der Waals surface area (Å²) >= 11 is 1.99. The first kappa shape index (κ1) is 9.55. The van der Waals surface area contributed by atoms with Crippen LogP contribution in [0.4, 0.5) is 5.69 Å². The highest BCUT2D eigenvalue weighted by Crippen LogP contribution is 2.42. The zero-order chi connectivity index (χ0) is 10.3. The van der Waals surface area contributed by atoms with Gasteiger partial charge in [0.1, 0.15) is 0 Å². The third-order valence-electron chi connectivity index (χ3n) is 3.57. The highest BCUT2D eigenvalue weighted by Gasteiger charge is 2.36. The Kier molecular flexibility index (Phi) is 2.37. The van der Waals surface area contributed by atoms with Crippen molar-refractivity contribution in [3.05, 3.63) is 24.3 Å². The average molecular weight is 220 g/mol. The lowest BCUT2D eigenvalue weighted by Gasteiger charge is -2.35. The molecule has 2 heterocycles. The summed E-state index contributed by atoms with van der Waals surface area (Å²) in [6.45, 7) is 2.02. The molecule has 15 heavy (non-hydrogen) atoms. The van der Waals surface area contributed by atoms with Crippen LogP contribution in [0.15, 0.2) is 29.2 Å². The summed E-state index contributed by atoms with van der Waals surface area (Å²) in [6, 6.07) is 9.41. The third kappa shape index (κ3) is 1.45. The number of nitrogens with zero attached hydrogens (tertiary/aromatic N) is 1. The number of nitrogens with two attached hydrogens (primary N) is 1. The van der Waals surface area contributed by atoms with Crippen molar-refractivity contribution < 1.29 is 0 Å². The monoisotopic (exact) mass is 220 g/mol. The minimum atomic E-state index is 0.676. The maximum Gasteiger partial charge on any atom is 0.0507 e. The van der Waals surface area contributed by atoms with Gasteiger partial charge in [-0.05, 0) is 31.0 Å². The molecule has 1 aromatic carbocycles. The van der Waals surface area contributed by atoms with Gasteiger partial charge in [-0.1, -0.05) is 12.1 Å². The summed E-state index contributed by atoms with van der Waals surface area (Å²) in [5.74, 6) is 1.91. The van der Waals surface area contributed by atoms with Crippen LogP contribution >= 0.6 is 11.8 Å². The first-order valence-corrected chi connectivity index (χ1v) is 6.57. The van der Waals surface area contributed by atoms with Crippen LogP contribution in [0.2, 0.25) is 0 Å². The molecule has 80 valence electrons. The minimum Gasteiger partial charge on any atom is -0.366 e. The van der Waals surface area contributed by atoms with E-state index in [0.717, 1.165) is 6.54 Å². The summed E-state index contributed by atoms with van der Waals surface area (Å²) in [5, 5.41) is 0. The summed E-state index contributed by atoms with van der Waals surface area (Å²) in [7, 11) is 0. The molecule has 2 nitrogen and oxygen atoms in total. The molecule has 1 fully saturated rings. The molecule has 0 radical (unpaired) electrons. The van der Waals surface area contributed by atoms with Crippen molar-refractivity contribution in [3.8, 4) is 0 Å². The van der Waals surface area contributed by atoms with Crippen molar-refractivity contribution in [1.29, 1.82) is 0 Å². The van der Waals surface area contributed by atoms with Crippen LogP contribution in [0, 0.1) is 5.92 Å². The predicted molar refractivity (Wildman–Crippen MR) is 65.5 cm³/mol.